The van der Waals surface area contributed by atoms with E-state index >= 15 is 0 Å². The highest BCUT2D eigenvalue weighted by Crippen LogP contribution is 2.35. The molecule has 0 spiro atoms. The molecular formula is C24H27FN6O. The number of phenols is 1. The number of anilines is 1. The lowest BCUT2D eigenvalue weighted by Gasteiger charge is -2.26. The monoisotopic (exact) mass is 434 g/mol. The van der Waals surface area contributed by atoms with E-state index in [1.165, 1.54) is 4.68 Å². The van der Waals surface area contributed by atoms with Crippen molar-refractivity contribution in [3.05, 3.63) is 42.5 Å². The third-order valence-corrected chi connectivity index (χ3v) is 5.82. The van der Waals surface area contributed by atoms with Crippen LogP contribution in [-0.2, 0) is 7.05 Å². The quantitative estimate of drug-likeness (QED) is 0.508. The van der Waals surface area contributed by atoms with Crippen molar-refractivity contribution in [1.29, 1.82) is 0 Å². The van der Waals surface area contributed by atoms with Crippen LogP contribution < -0.4 is 10.2 Å². The molecule has 2 aromatic heterocycles. The molecule has 1 aliphatic rings. The highest BCUT2D eigenvalue weighted by Gasteiger charge is 2.26. The number of benzene rings is 2. The van der Waals surface area contributed by atoms with Gasteiger partial charge in [0.25, 0.3) is 0 Å². The van der Waals surface area contributed by atoms with Gasteiger partial charge in [-0.1, -0.05) is 0 Å². The molecule has 1 fully saturated rings. The highest BCUT2D eigenvalue weighted by atomic mass is 19.1. The van der Waals surface area contributed by atoms with Gasteiger partial charge >= 0.3 is 0 Å². The summed E-state index contributed by atoms with van der Waals surface area (Å²) in [5, 5.41) is 19.6. The number of nitrogens with zero attached hydrogens (tertiary/aromatic N) is 5. The van der Waals surface area contributed by atoms with Gasteiger partial charge in [0, 0.05) is 60.6 Å². The first-order chi connectivity index (χ1) is 15.2. The van der Waals surface area contributed by atoms with Gasteiger partial charge in [-0.25, -0.2) is 14.4 Å². The molecule has 0 aliphatic carbocycles. The average molecular weight is 435 g/mol. The summed E-state index contributed by atoms with van der Waals surface area (Å²) in [6, 6.07) is 8.23. The Labute approximate surface area is 185 Å². The molecule has 1 saturated heterocycles. The number of aryl methyl sites for hydroxylation is 1. The molecular weight excluding hydrogens is 407 g/mol. The number of aromatic nitrogens is 4. The fraction of sp³-hybridized carbons (Fsp3) is 0.375. The second-order valence-corrected chi connectivity index (χ2v) is 9.59. The van der Waals surface area contributed by atoms with Gasteiger partial charge in [-0.05, 0) is 51.5 Å². The number of rotatable bonds is 3. The Morgan fingerprint density at radius 2 is 2.00 bits per heavy atom. The van der Waals surface area contributed by atoms with Crippen LogP contribution >= 0.6 is 0 Å². The normalized spacial score (nSPS) is 17.0. The van der Waals surface area contributed by atoms with Crippen molar-refractivity contribution in [2.24, 2.45) is 7.05 Å². The van der Waals surface area contributed by atoms with Gasteiger partial charge in [0.05, 0.1) is 11.1 Å². The van der Waals surface area contributed by atoms with Gasteiger partial charge in [-0.15, -0.1) is 0 Å². The summed E-state index contributed by atoms with van der Waals surface area (Å²) in [4.78, 5) is 11.4. The van der Waals surface area contributed by atoms with Crippen LogP contribution in [0.1, 0.15) is 27.2 Å². The Morgan fingerprint density at radius 1 is 1.19 bits per heavy atom. The summed E-state index contributed by atoms with van der Waals surface area (Å²) in [6.07, 6.45) is 4.53. The third-order valence-electron chi connectivity index (χ3n) is 5.82. The predicted octanol–water partition coefficient (Wildman–Crippen LogP) is 4.00. The molecule has 0 bridgehead atoms. The number of fused-ring (bicyclic) bond motifs is 2. The van der Waals surface area contributed by atoms with Crippen molar-refractivity contribution >= 4 is 27.5 Å². The van der Waals surface area contributed by atoms with Gasteiger partial charge in [-0.2, -0.15) is 5.10 Å². The van der Waals surface area contributed by atoms with E-state index in [9.17, 15) is 9.50 Å². The van der Waals surface area contributed by atoms with Crippen molar-refractivity contribution < 1.29 is 9.50 Å². The number of aromatic hydroxyl groups is 1. The van der Waals surface area contributed by atoms with E-state index < -0.39 is 11.6 Å². The largest absolute Gasteiger partial charge is 0.504 e. The summed E-state index contributed by atoms with van der Waals surface area (Å²) in [5.41, 5.74) is 2.36. The SMILES string of the molecule is Cn1cc2cc(-c3ncc4cc(N5CC[C@@H](NC(C)(C)C)C5)ccc4n3)c(O)c(F)c2n1. The summed E-state index contributed by atoms with van der Waals surface area (Å²) < 4.78 is 16.2. The molecule has 0 amide bonds. The van der Waals surface area contributed by atoms with Gasteiger partial charge in [0.15, 0.2) is 17.4 Å². The maximum absolute atomic E-state index is 14.6. The lowest BCUT2D eigenvalue weighted by molar-refractivity contribution is 0.373. The molecule has 32 heavy (non-hydrogen) atoms. The zero-order chi connectivity index (χ0) is 22.6. The first-order valence-electron chi connectivity index (χ1n) is 10.8. The first kappa shape index (κ1) is 20.6. The van der Waals surface area contributed by atoms with E-state index in [-0.39, 0.29) is 22.4 Å². The Hall–Kier alpha value is -3.26. The van der Waals surface area contributed by atoms with Gasteiger partial charge in [0.1, 0.15) is 5.52 Å². The molecule has 1 atom stereocenters. The molecule has 0 unspecified atom stereocenters. The maximum atomic E-state index is 14.6. The number of hydrogen-bond acceptors (Lipinski definition) is 6. The van der Waals surface area contributed by atoms with Crippen molar-refractivity contribution in [2.45, 2.75) is 38.8 Å². The Kier molecular flexibility index (Phi) is 4.78. The molecule has 7 nitrogen and oxygen atoms in total. The van der Waals surface area contributed by atoms with E-state index in [1.54, 1.807) is 25.5 Å². The molecule has 2 aromatic carbocycles. The molecule has 5 rings (SSSR count). The third kappa shape index (κ3) is 3.75. The zero-order valence-electron chi connectivity index (χ0n) is 18.7. The molecule has 8 heteroatoms. The maximum Gasteiger partial charge on any atom is 0.193 e. The van der Waals surface area contributed by atoms with Crippen LogP contribution in [-0.4, -0.2) is 49.5 Å². The van der Waals surface area contributed by atoms with Gasteiger partial charge < -0.3 is 15.3 Å². The summed E-state index contributed by atoms with van der Waals surface area (Å²) >= 11 is 0. The van der Waals surface area contributed by atoms with Crippen LogP contribution in [0.15, 0.2) is 36.7 Å². The fourth-order valence-corrected chi connectivity index (χ4v) is 4.48. The van der Waals surface area contributed by atoms with Crippen LogP contribution in [0.5, 0.6) is 5.75 Å². The second-order valence-electron chi connectivity index (χ2n) is 9.59. The second kappa shape index (κ2) is 7.41. The van der Waals surface area contributed by atoms with Crippen LogP contribution in [0.3, 0.4) is 0 Å². The van der Waals surface area contributed by atoms with E-state index in [4.69, 9.17) is 0 Å². The minimum absolute atomic E-state index is 0.0954. The van der Waals surface area contributed by atoms with Crippen LogP contribution in [0, 0.1) is 5.82 Å². The van der Waals surface area contributed by atoms with Crippen LogP contribution in [0.2, 0.25) is 0 Å². The summed E-state index contributed by atoms with van der Waals surface area (Å²) in [7, 11) is 1.71. The standard InChI is InChI=1S/C24H27FN6O/c1-24(2,3)28-16-7-8-31(13-16)17-5-6-19-14(9-17)11-26-23(27-19)18-10-15-12-30(4)29-21(15)20(25)22(18)32/h5-6,9-12,16,28,32H,7-8,13H2,1-4H3/t16-/m1/s1. The lowest BCUT2D eigenvalue weighted by Crippen LogP contribution is -2.44. The Bertz CT molecular complexity index is 1330. The topological polar surface area (TPSA) is 79.1 Å². The molecule has 0 saturated carbocycles. The Balaban J connectivity index is 1.45. The van der Waals surface area contributed by atoms with E-state index in [1.807, 2.05) is 6.07 Å². The van der Waals surface area contributed by atoms with Crippen molar-refractivity contribution in [2.75, 3.05) is 18.0 Å². The van der Waals surface area contributed by atoms with Crippen LogP contribution in [0.25, 0.3) is 33.2 Å². The summed E-state index contributed by atoms with van der Waals surface area (Å²) in [6.45, 7) is 8.53. The molecule has 2 N–H and O–H groups in total. The smallest absolute Gasteiger partial charge is 0.193 e. The number of phenolic OH excluding ortho intramolecular Hbond substituents is 1. The fourth-order valence-electron chi connectivity index (χ4n) is 4.48. The lowest BCUT2D eigenvalue weighted by atomic mass is 10.1. The van der Waals surface area contributed by atoms with Crippen molar-refractivity contribution in [1.82, 2.24) is 25.1 Å². The molecule has 4 aromatic rings. The molecule has 0 radical (unpaired) electrons. The molecule has 166 valence electrons. The Morgan fingerprint density at radius 3 is 2.78 bits per heavy atom. The van der Waals surface area contributed by atoms with Crippen LogP contribution in [0.4, 0.5) is 10.1 Å². The summed E-state index contributed by atoms with van der Waals surface area (Å²) in [5.74, 6) is -0.964. The minimum Gasteiger partial charge on any atom is -0.504 e. The van der Waals surface area contributed by atoms with E-state index in [0.717, 1.165) is 36.1 Å². The van der Waals surface area contributed by atoms with E-state index in [2.05, 4.69) is 58.2 Å². The highest BCUT2D eigenvalue weighted by molar-refractivity contribution is 5.89. The van der Waals surface area contributed by atoms with Crippen molar-refractivity contribution in [3.8, 4) is 17.1 Å². The number of nitrogens with one attached hydrogen (secondary N) is 1. The predicted molar refractivity (Wildman–Crippen MR) is 124 cm³/mol. The van der Waals surface area contributed by atoms with Crippen molar-refractivity contribution in [3.63, 3.8) is 0 Å². The van der Waals surface area contributed by atoms with Gasteiger partial charge in [0.2, 0.25) is 0 Å². The first-order valence-corrected chi connectivity index (χ1v) is 10.8. The zero-order valence-corrected chi connectivity index (χ0v) is 18.7. The number of hydrogen-bond donors (Lipinski definition) is 2. The van der Waals surface area contributed by atoms with Gasteiger partial charge in [-0.3, -0.25) is 4.68 Å². The minimum atomic E-state index is -0.760. The number of halogens is 1. The average Bonchev–Trinajstić information content (AvgIpc) is 3.34. The molecule has 1 aliphatic heterocycles. The molecule has 3 heterocycles. The van der Waals surface area contributed by atoms with E-state index in [0.29, 0.717) is 11.4 Å².